The van der Waals surface area contributed by atoms with Crippen LogP contribution in [0.2, 0.25) is 0 Å². The van der Waals surface area contributed by atoms with Gasteiger partial charge in [0.05, 0.1) is 6.04 Å². The lowest BCUT2D eigenvalue weighted by Gasteiger charge is -2.19. The van der Waals surface area contributed by atoms with Crippen LogP contribution in [0.1, 0.15) is 33.6 Å². The average Bonchev–Trinajstić information content (AvgIpc) is 2.55. The molecule has 0 bridgehead atoms. The van der Waals surface area contributed by atoms with Crippen LogP contribution in [0, 0.1) is 0 Å². The highest BCUT2D eigenvalue weighted by Gasteiger charge is 2.18. The van der Waals surface area contributed by atoms with E-state index in [-0.39, 0.29) is 18.0 Å². The molecule has 3 nitrogen and oxygen atoms in total. The number of nitrogens with one attached hydrogen (secondary N) is 2. The molecule has 0 aliphatic heterocycles. The largest absolute Gasteiger partial charge is 0.353 e. The van der Waals surface area contributed by atoms with E-state index in [1.165, 1.54) is 0 Å². The van der Waals surface area contributed by atoms with Crippen molar-refractivity contribution in [1.82, 2.24) is 10.6 Å². The highest BCUT2D eigenvalue weighted by Crippen LogP contribution is 2.09. The van der Waals surface area contributed by atoms with E-state index < -0.39 is 0 Å². The van der Waals surface area contributed by atoms with Crippen molar-refractivity contribution in [2.45, 2.75) is 51.7 Å². The van der Waals surface area contributed by atoms with Crippen LogP contribution in [0.15, 0.2) is 12.2 Å². The third-order valence-electron chi connectivity index (χ3n) is 2.32. The molecule has 80 valence electrons. The maximum Gasteiger partial charge on any atom is 0.237 e. The van der Waals surface area contributed by atoms with E-state index in [0.717, 1.165) is 12.8 Å². The zero-order valence-corrected chi connectivity index (χ0v) is 9.21. The number of rotatable bonds is 4. The van der Waals surface area contributed by atoms with Crippen molar-refractivity contribution in [3.05, 3.63) is 12.2 Å². The molecule has 1 aliphatic carbocycles. The van der Waals surface area contributed by atoms with Gasteiger partial charge in [-0.15, -0.1) is 0 Å². The molecular formula is C11H20N2O. The minimum Gasteiger partial charge on any atom is -0.353 e. The molecule has 0 heterocycles. The van der Waals surface area contributed by atoms with Crippen molar-refractivity contribution in [3.63, 3.8) is 0 Å². The Bertz CT molecular complexity index is 215. The molecule has 1 atom stereocenters. The first kappa shape index (κ1) is 11.2. The van der Waals surface area contributed by atoms with E-state index in [0.29, 0.717) is 6.04 Å². The zero-order valence-electron chi connectivity index (χ0n) is 9.21. The maximum atomic E-state index is 11.5. The van der Waals surface area contributed by atoms with Crippen LogP contribution in [-0.2, 0) is 4.79 Å². The van der Waals surface area contributed by atoms with Gasteiger partial charge in [0.2, 0.25) is 5.91 Å². The monoisotopic (exact) mass is 196 g/mol. The summed E-state index contributed by atoms with van der Waals surface area (Å²) in [6, 6.07) is 0.568. The summed E-state index contributed by atoms with van der Waals surface area (Å²) in [5, 5.41) is 6.20. The minimum atomic E-state index is -0.0951. The molecule has 1 rings (SSSR count). The number of hydrogen-bond acceptors (Lipinski definition) is 2. The first-order valence-corrected chi connectivity index (χ1v) is 5.31. The van der Waals surface area contributed by atoms with Crippen LogP contribution in [0.5, 0.6) is 0 Å². The van der Waals surface area contributed by atoms with Crippen LogP contribution in [0.4, 0.5) is 0 Å². The van der Waals surface area contributed by atoms with Crippen molar-refractivity contribution >= 4 is 5.91 Å². The lowest BCUT2D eigenvalue weighted by atomic mass is 10.2. The Morgan fingerprint density at radius 3 is 2.36 bits per heavy atom. The normalized spacial score (nSPS) is 18.9. The molecule has 1 amide bonds. The number of carbonyl (C=O) groups is 1. The molecule has 0 spiro atoms. The van der Waals surface area contributed by atoms with E-state index in [9.17, 15) is 4.79 Å². The third-order valence-corrected chi connectivity index (χ3v) is 2.32. The van der Waals surface area contributed by atoms with Crippen molar-refractivity contribution in [2.24, 2.45) is 0 Å². The summed E-state index contributed by atoms with van der Waals surface area (Å²) in [5.74, 6) is 0.0897. The highest BCUT2D eigenvalue weighted by molar-refractivity contribution is 5.81. The molecule has 3 heteroatoms. The molecule has 1 unspecified atom stereocenters. The Hall–Kier alpha value is -0.830. The van der Waals surface area contributed by atoms with Crippen LogP contribution in [-0.4, -0.2) is 24.0 Å². The smallest absolute Gasteiger partial charge is 0.237 e. The van der Waals surface area contributed by atoms with Gasteiger partial charge in [0.25, 0.3) is 0 Å². The van der Waals surface area contributed by atoms with Crippen molar-refractivity contribution in [2.75, 3.05) is 0 Å². The third kappa shape index (κ3) is 3.50. The number of amides is 1. The predicted molar refractivity (Wildman–Crippen MR) is 58.0 cm³/mol. The van der Waals surface area contributed by atoms with E-state index >= 15 is 0 Å². The molecule has 0 fully saturated rings. The van der Waals surface area contributed by atoms with Crippen molar-refractivity contribution in [1.29, 1.82) is 0 Å². The second-order valence-corrected chi connectivity index (χ2v) is 4.19. The summed E-state index contributed by atoms with van der Waals surface area (Å²) in [7, 11) is 0. The van der Waals surface area contributed by atoms with Gasteiger partial charge in [0.1, 0.15) is 0 Å². The van der Waals surface area contributed by atoms with Gasteiger partial charge in [-0.3, -0.25) is 4.79 Å². The highest BCUT2D eigenvalue weighted by atomic mass is 16.2. The number of hydrogen-bond donors (Lipinski definition) is 2. The van der Waals surface area contributed by atoms with Gasteiger partial charge in [-0.1, -0.05) is 12.2 Å². The fraction of sp³-hybridized carbons (Fsp3) is 0.727. The molecule has 0 saturated heterocycles. The molecule has 14 heavy (non-hydrogen) atoms. The summed E-state index contributed by atoms with van der Waals surface area (Å²) >= 11 is 0. The van der Waals surface area contributed by atoms with Gasteiger partial charge in [0, 0.05) is 12.1 Å². The molecule has 1 aliphatic rings. The summed E-state index contributed by atoms with van der Waals surface area (Å²) in [4.78, 5) is 11.5. The Labute approximate surface area is 86.0 Å². The maximum absolute atomic E-state index is 11.5. The molecule has 0 saturated carbocycles. The fourth-order valence-electron chi connectivity index (χ4n) is 1.59. The molecule has 0 aromatic carbocycles. The minimum absolute atomic E-state index is 0.0897. The van der Waals surface area contributed by atoms with E-state index in [1.807, 2.05) is 20.8 Å². The number of carbonyl (C=O) groups excluding carboxylic acids is 1. The molecule has 0 aromatic rings. The van der Waals surface area contributed by atoms with Gasteiger partial charge in [-0.05, 0) is 33.6 Å². The van der Waals surface area contributed by atoms with Crippen molar-refractivity contribution in [3.8, 4) is 0 Å². The molecule has 0 aromatic heterocycles. The summed E-state index contributed by atoms with van der Waals surface area (Å²) in [5.41, 5.74) is 0. The average molecular weight is 196 g/mol. The van der Waals surface area contributed by atoms with Crippen LogP contribution in [0.25, 0.3) is 0 Å². The quantitative estimate of drug-likeness (QED) is 0.664. The Morgan fingerprint density at radius 1 is 1.29 bits per heavy atom. The van der Waals surface area contributed by atoms with Crippen molar-refractivity contribution < 1.29 is 4.79 Å². The first-order chi connectivity index (χ1) is 6.59. The van der Waals surface area contributed by atoms with Gasteiger partial charge >= 0.3 is 0 Å². The van der Waals surface area contributed by atoms with Gasteiger partial charge in [-0.25, -0.2) is 0 Å². The second-order valence-electron chi connectivity index (χ2n) is 4.19. The molecular weight excluding hydrogens is 176 g/mol. The van der Waals surface area contributed by atoms with Crippen LogP contribution in [0.3, 0.4) is 0 Å². The van der Waals surface area contributed by atoms with Crippen LogP contribution < -0.4 is 10.6 Å². The van der Waals surface area contributed by atoms with Crippen LogP contribution >= 0.6 is 0 Å². The predicted octanol–water partition coefficient (Wildman–Crippen LogP) is 1.21. The molecule has 2 N–H and O–H groups in total. The summed E-state index contributed by atoms with van der Waals surface area (Å²) < 4.78 is 0. The van der Waals surface area contributed by atoms with E-state index in [1.54, 1.807) is 0 Å². The van der Waals surface area contributed by atoms with E-state index in [2.05, 4.69) is 22.8 Å². The first-order valence-electron chi connectivity index (χ1n) is 5.31. The SMILES string of the molecule is CC(C)NC(=O)C(C)NC1CC=CC1. The standard InChI is InChI=1S/C11H20N2O/c1-8(2)12-11(14)9(3)13-10-6-4-5-7-10/h4-5,8-10,13H,6-7H2,1-3H3,(H,12,14). The fourth-order valence-corrected chi connectivity index (χ4v) is 1.59. The lowest BCUT2D eigenvalue weighted by Crippen LogP contribution is -2.47. The van der Waals surface area contributed by atoms with Gasteiger partial charge in [-0.2, -0.15) is 0 Å². The van der Waals surface area contributed by atoms with Gasteiger partial charge < -0.3 is 10.6 Å². The second kappa shape index (κ2) is 5.15. The van der Waals surface area contributed by atoms with Gasteiger partial charge in [0.15, 0.2) is 0 Å². The Balaban J connectivity index is 2.26. The summed E-state index contributed by atoms with van der Waals surface area (Å²) in [6.07, 6.45) is 6.40. The molecule has 0 radical (unpaired) electrons. The zero-order chi connectivity index (χ0) is 10.6. The Morgan fingerprint density at radius 2 is 1.86 bits per heavy atom. The topological polar surface area (TPSA) is 41.1 Å². The lowest BCUT2D eigenvalue weighted by molar-refractivity contribution is -0.123. The van der Waals surface area contributed by atoms with E-state index in [4.69, 9.17) is 0 Å². The Kier molecular flexibility index (Phi) is 4.14. The summed E-state index contributed by atoms with van der Waals surface area (Å²) in [6.45, 7) is 5.86.